The van der Waals surface area contributed by atoms with E-state index in [1.54, 1.807) is 11.3 Å². The molecule has 1 N–H and O–H groups in total. The SMILES string of the molecule is CNCc1ccc(C)c(Cc2nc3ccccc3s2)c1. The summed E-state index contributed by atoms with van der Waals surface area (Å²) in [7, 11) is 1.98. The molecule has 0 saturated heterocycles. The summed E-state index contributed by atoms with van der Waals surface area (Å²) in [5.74, 6) is 0. The Balaban J connectivity index is 1.91. The summed E-state index contributed by atoms with van der Waals surface area (Å²) in [6.07, 6.45) is 0.919. The average Bonchev–Trinajstić information content (AvgIpc) is 2.85. The highest BCUT2D eigenvalue weighted by atomic mass is 32.1. The fourth-order valence-corrected chi connectivity index (χ4v) is 3.38. The monoisotopic (exact) mass is 282 g/mol. The van der Waals surface area contributed by atoms with Gasteiger partial charge in [-0.15, -0.1) is 11.3 Å². The van der Waals surface area contributed by atoms with Crippen LogP contribution in [0.25, 0.3) is 10.2 Å². The lowest BCUT2D eigenvalue weighted by Crippen LogP contribution is -2.05. The molecule has 0 radical (unpaired) electrons. The summed E-state index contributed by atoms with van der Waals surface area (Å²) in [5, 5.41) is 4.39. The van der Waals surface area contributed by atoms with Crippen LogP contribution >= 0.6 is 11.3 Å². The first-order valence-electron chi connectivity index (χ1n) is 6.84. The Kier molecular flexibility index (Phi) is 3.81. The van der Waals surface area contributed by atoms with Crippen molar-refractivity contribution in [2.45, 2.75) is 19.9 Å². The molecule has 20 heavy (non-hydrogen) atoms. The van der Waals surface area contributed by atoms with Crippen LogP contribution in [0.4, 0.5) is 0 Å². The number of nitrogens with one attached hydrogen (secondary N) is 1. The maximum atomic E-state index is 4.73. The molecule has 0 amide bonds. The largest absolute Gasteiger partial charge is 0.316 e. The van der Waals surface area contributed by atoms with E-state index in [-0.39, 0.29) is 0 Å². The molecular weight excluding hydrogens is 264 g/mol. The second kappa shape index (κ2) is 5.73. The molecule has 0 atom stereocenters. The van der Waals surface area contributed by atoms with E-state index in [1.165, 1.54) is 26.4 Å². The molecule has 0 aliphatic heterocycles. The third kappa shape index (κ3) is 2.74. The number of hydrogen-bond acceptors (Lipinski definition) is 3. The van der Waals surface area contributed by atoms with Gasteiger partial charge in [0.25, 0.3) is 0 Å². The molecule has 0 fully saturated rings. The number of benzene rings is 2. The van der Waals surface area contributed by atoms with E-state index in [2.05, 4.69) is 48.6 Å². The van der Waals surface area contributed by atoms with Gasteiger partial charge in [-0.3, -0.25) is 0 Å². The summed E-state index contributed by atoms with van der Waals surface area (Å²) >= 11 is 1.79. The van der Waals surface area contributed by atoms with Crippen LogP contribution in [0.5, 0.6) is 0 Å². The summed E-state index contributed by atoms with van der Waals surface area (Å²) in [6, 6.07) is 15.0. The smallest absolute Gasteiger partial charge is 0.0982 e. The van der Waals surface area contributed by atoms with E-state index in [0.29, 0.717) is 0 Å². The number of nitrogens with zero attached hydrogens (tertiary/aromatic N) is 1. The third-order valence-electron chi connectivity index (χ3n) is 3.47. The zero-order valence-corrected chi connectivity index (χ0v) is 12.6. The van der Waals surface area contributed by atoms with Gasteiger partial charge < -0.3 is 5.32 Å². The molecular formula is C17H18N2S. The number of fused-ring (bicyclic) bond motifs is 1. The average molecular weight is 282 g/mol. The molecule has 0 bridgehead atoms. The van der Waals surface area contributed by atoms with E-state index < -0.39 is 0 Å². The van der Waals surface area contributed by atoms with E-state index >= 15 is 0 Å². The fourth-order valence-electron chi connectivity index (χ4n) is 2.39. The highest BCUT2D eigenvalue weighted by molar-refractivity contribution is 7.18. The standard InChI is InChI=1S/C17H18N2S/c1-12-7-8-13(11-18-2)9-14(12)10-17-19-15-5-3-4-6-16(15)20-17/h3-9,18H,10-11H2,1-2H3. The lowest BCUT2D eigenvalue weighted by atomic mass is 10.0. The summed E-state index contributed by atoms with van der Waals surface area (Å²) < 4.78 is 1.27. The van der Waals surface area contributed by atoms with Crippen molar-refractivity contribution in [2.75, 3.05) is 7.05 Å². The quantitative estimate of drug-likeness (QED) is 0.784. The molecule has 2 aromatic carbocycles. The Morgan fingerprint density at radius 3 is 2.80 bits per heavy atom. The molecule has 0 aliphatic rings. The van der Waals surface area contributed by atoms with E-state index in [1.807, 2.05) is 13.1 Å². The second-order valence-corrected chi connectivity index (χ2v) is 6.16. The van der Waals surface area contributed by atoms with Gasteiger partial charge in [0.2, 0.25) is 0 Å². The maximum Gasteiger partial charge on any atom is 0.0982 e. The first-order valence-corrected chi connectivity index (χ1v) is 7.65. The number of hydrogen-bond donors (Lipinski definition) is 1. The summed E-state index contributed by atoms with van der Waals surface area (Å²) in [5.41, 5.74) is 5.15. The molecule has 2 nitrogen and oxygen atoms in total. The van der Waals surface area contributed by atoms with Crippen LogP contribution in [0, 0.1) is 6.92 Å². The molecule has 3 aromatic rings. The van der Waals surface area contributed by atoms with Gasteiger partial charge in [0.1, 0.15) is 0 Å². The summed E-state index contributed by atoms with van der Waals surface area (Å²) in [4.78, 5) is 4.73. The van der Waals surface area contributed by atoms with Crippen molar-refractivity contribution < 1.29 is 0 Å². The highest BCUT2D eigenvalue weighted by Gasteiger charge is 2.07. The Morgan fingerprint density at radius 2 is 2.00 bits per heavy atom. The van der Waals surface area contributed by atoms with Crippen molar-refractivity contribution in [3.63, 3.8) is 0 Å². The first kappa shape index (κ1) is 13.3. The Hall–Kier alpha value is -1.71. The zero-order chi connectivity index (χ0) is 13.9. The Morgan fingerprint density at radius 1 is 1.15 bits per heavy atom. The molecule has 0 spiro atoms. The maximum absolute atomic E-state index is 4.73. The van der Waals surface area contributed by atoms with Crippen molar-refractivity contribution in [3.05, 3.63) is 64.2 Å². The van der Waals surface area contributed by atoms with E-state index in [9.17, 15) is 0 Å². The van der Waals surface area contributed by atoms with Crippen molar-refractivity contribution in [1.82, 2.24) is 10.3 Å². The number of aryl methyl sites for hydroxylation is 1. The first-order chi connectivity index (χ1) is 9.76. The van der Waals surface area contributed by atoms with Gasteiger partial charge in [0.15, 0.2) is 0 Å². The van der Waals surface area contributed by atoms with Gasteiger partial charge in [-0.1, -0.05) is 30.3 Å². The minimum absolute atomic E-state index is 0.910. The Bertz CT molecular complexity index is 698. The number of thiazole rings is 1. The van der Waals surface area contributed by atoms with Crippen molar-refractivity contribution in [3.8, 4) is 0 Å². The van der Waals surface area contributed by atoms with Crippen LogP contribution in [0.3, 0.4) is 0 Å². The van der Waals surface area contributed by atoms with Gasteiger partial charge in [-0.2, -0.15) is 0 Å². The van der Waals surface area contributed by atoms with Crippen LogP contribution < -0.4 is 5.32 Å². The normalized spacial score (nSPS) is 11.1. The van der Waals surface area contributed by atoms with Crippen molar-refractivity contribution in [1.29, 1.82) is 0 Å². The van der Waals surface area contributed by atoms with Gasteiger partial charge in [-0.05, 0) is 42.8 Å². The molecule has 102 valence electrons. The van der Waals surface area contributed by atoms with Gasteiger partial charge >= 0.3 is 0 Å². The van der Waals surface area contributed by atoms with Crippen molar-refractivity contribution >= 4 is 21.6 Å². The number of aromatic nitrogens is 1. The van der Waals surface area contributed by atoms with Crippen LogP contribution in [-0.4, -0.2) is 12.0 Å². The predicted molar refractivity (Wildman–Crippen MR) is 86.4 cm³/mol. The zero-order valence-electron chi connectivity index (χ0n) is 11.8. The molecule has 1 aromatic heterocycles. The number of rotatable bonds is 4. The molecule has 0 saturated carbocycles. The predicted octanol–water partition coefficient (Wildman–Crippen LogP) is 3.91. The summed E-state index contributed by atoms with van der Waals surface area (Å²) in [6.45, 7) is 3.08. The van der Waals surface area contributed by atoms with Crippen LogP contribution in [0.1, 0.15) is 21.7 Å². The molecule has 3 rings (SSSR count). The van der Waals surface area contributed by atoms with E-state index in [4.69, 9.17) is 4.98 Å². The Labute approximate surface area is 123 Å². The van der Waals surface area contributed by atoms with Gasteiger partial charge in [0, 0.05) is 13.0 Å². The molecule has 1 heterocycles. The molecule has 0 unspecified atom stereocenters. The van der Waals surface area contributed by atoms with Crippen molar-refractivity contribution in [2.24, 2.45) is 0 Å². The highest BCUT2D eigenvalue weighted by Crippen LogP contribution is 2.25. The van der Waals surface area contributed by atoms with Crippen LogP contribution in [-0.2, 0) is 13.0 Å². The molecule has 0 aliphatic carbocycles. The molecule has 3 heteroatoms. The lowest BCUT2D eigenvalue weighted by molar-refractivity contribution is 0.815. The minimum atomic E-state index is 0.910. The fraction of sp³-hybridized carbons (Fsp3) is 0.235. The number of para-hydroxylation sites is 1. The topological polar surface area (TPSA) is 24.9 Å². The van der Waals surface area contributed by atoms with Gasteiger partial charge in [-0.25, -0.2) is 4.98 Å². The van der Waals surface area contributed by atoms with E-state index in [0.717, 1.165) is 18.5 Å². The third-order valence-corrected chi connectivity index (χ3v) is 4.51. The van der Waals surface area contributed by atoms with Crippen LogP contribution in [0.2, 0.25) is 0 Å². The lowest BCUT2D eigenvalue weighted by Gasteiger charge is -2.07. The second-order valence-electron chi connectivity index (χ2n) is 5.04. The van der Waals surface area contributed by atoms with Gasteiger partial charge in [0.05, 0.1) is 15.2 Å². The minimum Gasteiger partial charge on any atom is -0.316 e. The van der Waals surface area contributed by atoms with Crippen LogP contribution in [0.15, 0.2) is 42.5 Å².